The molecule has 2 aliphatic rings. The average molecular weight is 383 g/mol. The number of carbonyl (C=O) groups excluding carboxylic acids is 3. The summed E-state index contributed by atoms with van der Waals surface area (Å²) in [4.78, 5) is 38.1. The highest BCUT2D eigenvalue weighted by molar-refractivity contribution is 6.10. The number of imide groups is 1. The zero-order valence-corrected chi connectivity index (χ0v) is 14.7. The molecular weight excluding hydrogens is 363 g/mol. The quantitative estimate of drug-likeness (QED) is 0.787. The number of urea groups is 1. The summed E-state index contributed by atoms with van der Waals surface area (Å²) in [5, 5.41) is 4.86. The third kappa shape index (κ3) is 3.50. The zero-order valence-electron chi connectivity index (χ0n) is 14.7. The monoisotopic (exact) mass is 383 g/mol. The van der Waals surface area contributed by atoms with E-state index < -0.39 is 47.4 Å². The number of anilines is 1. The van der Waals surface area contributed by atoms with Crippen molar-refractivity contribution in [2.75, 3.05) is 11.9 Å². The first-order valence-electron chi connectivity index (χ1n) is 8.75. The highest BCUT2D eigenvalue weighted by Crippen LogP contribution is 2.38. The Bertz CT molecular complexity index is 781. The van der Waals surface area contributed by atoms with Gasteiger partial charge in [0, 0.05) is 0 Å². The molecule has 1 aromatic carbocycles. The van der Waals surface area contributed by atoms with E-state index in [9.17, 15) is 27.6 Å². The van der Waals surface area contributed by atoms with E-state index in [0.717, 1.165) is 36.3 Å². The number of benzene rings is 1. The second-order valence-corrected chi connectivity index (χ2v) is 7.03. The lowest BCUT2D eigenvalue weighted by molar-refractivity contribution is -0.138. The molecule has 2 N–H and O–H groups in total. The molecule has 146 valence electrons. The zero-order chi connectivity index (χ0) is 19.8. The molecular formula is C18H20F3N3O3. The summed E-state index contributed by atoms with van der Waals surface area (Å²) in [5.74, 6) is -1.42. The summed E-state index contributed by atoms with van der Waals surface area (Å²) in [7, 11) is 0. The molecule has 9 heteroatoms. The molecule has 0 aromatic heterocycles. The average Bonchev–Trinajstić information content (AvgIpc) is 2.82. The molecule has 6 nitrogen and oxygen atoms in total. The number of alkyl halides is 3. The third-order valence-corrected chi connectivity index (χ3v) is 5.31. The van der Waals surface area contributed by atoms with Gasteiger partial charge in [0.15, 0.2) is 0 Å². The SMILES string of the molecule is C[C@@H]1CCCC[C@@]12NC(=O)N(CC(=O)Nc1ccccc1C(F)(F)F)C2=O. The molecule has 1 aromatic rings. The van der Waals surface area contributed by atoms with Gasteiger partial charge in [0.1, 0.15) is 12.1 Å². The number of amides is 4. The van der Waals surface area contributed by atoms with Crippen LogP contribution in [0.2, 0.25) is 0 Å². The van der Waals surface area contributed by atoms with Crippen LogP contribution in [0.3, 0.4) is 0 Å². The van der Waals surface area contributed by atoms with Gasteiger partial charge in [-0.15, -0.1) is 0 Å². The molecule has 0 bridgehead atoms. The van der Waals surface area contributed by atoms with Crippen molar-refractivity contribution < 1.29 is 27.6 Å². The maximum absolute atomic E-state index is 13.0. The third-order valence-electron chi connectivity index (χ3n) is 5.31. The Kier molecular flexibility index (Phi) is 4.88. The molecule has 2 fully saturated rings. The molecule has 2 atom stereocenters. The molecule has 3 rings (SSSR count). The lowest BCUT2D eigenvalue weighted by atomic mass is 9.73. The molecule has 27 heavy (non-hydrogen) atoms. The summed E-state index contributed by atoms with van der Waals surface area (Å²) < 4.78 is 39.1. The Balaban J connectivity index is 1.74. The summed E-state index contributed by atoms with van der Waals surface area (Å²) in [5.41, 5.74) is -2.42. The summed E-state index contributed by atoms with van der Waals surface area (Å²) in [6.07, 6.45) is -1.61. The van der Waals surface area contributed by atoms with Gasteiger partial charge in [-0.05, 0) is 30.9 Å². The minimum Gasteiger partial charge on any atom is -0.324 e. The van der Waals surface area contributed by atoms with E-state index >= 15 is 0 Å². The van der Waals surface area contributed by atoms with Crippen molar-refractivity contribution in [2.24, 2.45) is 5.92 Å². The first-order chi connectivity index (χ1) is 12.6. The van der Waals surface area contributed by atoms with Crippen LogP contribution in [-0.2, 0) is 15.8 Å². The summed E-state index contributed by atoms with van der Waals surface area (Å²) in [6, 6.07) is 3.86. The van der Waals surface area contributed by atoms with Crippen LogP contribution < -0.4 is 10.6 Å². The van der Waals surface area contributed by atoms with E-state index in [-0.39, 0.29) is 5.92 Å². The molecule has 1 aliphatic heterocycles. The molecule has 1 aliphatic carbocycles. The Morgan fingerprint density at radius 2 is 2.00 bits per heavy atom. The van der Waals surface area contributed by atoms with Crippen molar-refractivity contribution in [1.29, 1.82) is 0 Å². The van der Waals surface area contributed by atoms with Crippen LogP contribution in [0.5, 0.6) is 0 Å². The number of para-hydroxylation sites is 1. The molecule has 1 saturated carbocycles. The molecule has 1 saturated heterocycles. The van der Waals surface area contributed by atoms with Gasteiger partial charge in [0.2, 0.25) is 5.91 Å². The van der Waals surface area contributed by atoms with Gasteiger partial charge < -0.3 is 10.6 Å². The topological polar surface area (TPSA) is 78.5 Å². The van der Waals surface area contributed by atoms with Crippen molar-refractivity contribution in [3.05, 3.63) is 29.8 Å². The normalized spacial score (nSPS) is 25.6. The summed E-state index contributed by atoms with van der Waals surface area (Å²) >= 11 is 0. The van der Waals surface area contributed by atoms with Gasteiger partial charge in [0.05, 0.1) is 11.3 Å². The predicted octanol–water partition coefficient (Wildman–Crippen LogP) is 3.14. The van der Waals surface area contributed by atoms with E-state index in [1.807, 2.05) is 6.92 Å². The van der Waals surface area contributed by atoms with Gasteiger partial charge in [-0.2, -0.15) is 13.2 Å². The number of carbonyl (C=O) groups is 3. The van der Waals surface area contributed by atoms with Crippen molar-refractivity contribution in [1.82, 2.24) is 10.2 Å². The van der Waals surface area contributed by atoms with Gasteiger partial charge in [-0.3, -0.25) is 14.5 Å². The van der Waals surface area contributed by atoms with Crippen LogP contribution in [0, 0.1) is 5.92 Å². The van der Waals surface area contributed by atoms with Crippen LogP contribution in [0.1, 0.15) is 38.2 Å². The standard InChI is InChI=1S/C18H20F3N3O3/c1-11-6-4-5-9-17(11)15(26)24(16(27)23-17)10-14(25)22-13-8-3-2-7-12(13)18(19,20)21/h2-3,7-8,11H,4-6,9-10H2,1H3,(H,22,25)(H,23,27)/t11-,17-/m1/s1. The predicted molar refractivity (Wildman–Crippen MR) is 90.7 cm³/mol. The van der Waals surface area contributed by atoms with E-state index in [0.29, 0.717) is 6.42 Å². The van der Waals surface area contributed by atoms with Gasteiger partial charge >= 0.3 is 12.2 Å². The van der Waals surface area contributed by atoms with E-state index in [1.165, 1.54) is 12.1 Å². The first-order valence-corrected chi connectivity index (χ1v) is 8.75. The maximum Gasteiger partial charge on any atom is 0.418 e. The molecule has 0 unspecified atom stereocenters. The smallest absolute Gasteiger partial charge is 0.324 e. The van der Waals surface area contributed by atoms with Gasteiger partial charge in [-0.1, -0.05) is 31.9 Å². The Labute approximate surface area is 154 Å². The largest absolute Gasteiger partial charge is 0.418 e. The van der Waals surface area contributed by atoms with Crippen LogP contribution in [0.15, 0.2) is 24.3 Å². The highest BCUT2D eigenvalue weighted by Gasteiger charge is 2.55. The highest BCUT2D eigenvalue weighted by atomic mass is 19.4. The van der Waals surface area contributed by atoms with Crippen LogP contribution in [0.4, 0.5) is 23.7 Å². The Morgan fingerprint density at radius 3 is 2.67 bits per heavy atom. The summed E-state index contributed by atoms with van der Waals surface area (Å²) in [6.45, 7) is 1.24. The number of hydrogen-bond acceptors (Lipinski definition) is 3. The number of nitrogens with one attached hydrogen (secondary N) is 2. The fraction of sp³-hybridized carbons (Fsp3) is 0.500. The van der Waals surface area contributed by atoms with Gasteiger partial charge in [-0.25, -0.2) is 4.79 Å². The minimum atomic E-state index is -4.63. The van der Waals surface area contributed by atoms with Crippen molar-refractivity contribution in [3.8, 4) is 0 Å². The van der Waals surface area contributed by atoms with Crippen molar-refractivity contribution in [3.63, 3.8) is 0 Å². The Hall–Kier alpha value is -2.58. The number of nitrogens with zero attached hydrogens (tertiary/aromatic N) is 1. The number of halogens is 3. The Morgan fingerprint density at radius 1 is 1.30 bits per heavy atom. The first kappa shape index (κ1) is 19.2. The number of rotatable bonds is 3. The molecule has 1 spiro atoms. The van der Waals surface area contributed by atoms with Crippen molar-refractivity contribution >= 4 is 23.5 Å². The molecule has 1 heterocycles. The lowest BCUT2D eigenvalue weighted by Gasteiger charge is -2.36. The van der Waals surface area contributed by atoms with Gasteiger partial charge in [0.25, 0.3) is 5.91 Å². The number of hydrogen-bond donors (Lipinski definition) is 2. The fourth-order valence-electron chi connectivity index (χ4n) is 3.81. The van der Waals surface area contributed by atoms with Crippen LogP contribution in [0.25, 0.3) is 0 Å². The fourth-order valence-corrected chi connectivity index (χ4v) is 3.81. The van der Waals surface area contributed by atoms with Crippen LogP contribution >= 0.6 is 0 Å². The molecule has 4 amide bonds. The second-order valence-electron chi connectivity index (χ2n) is 7.03. The minimum absolute atomic E-state index is 0.0679. The van der Waals surface area contributed by atoms with Crippen LogP contribution in [-0.4, -0.2) is 34.8 Å². The maximum atomic E-state index is 13.0. The van der Waals surface area contributed by atoms with E-state index in [2.05, 4.69) is 10.6 Å². The van der Waals surface area contributed by atoms with E-state index in [1.54, 1.807) is 0 Å². The van der Waals surface area contributed by atoms with E-state index in [4.69, 9.17) is 0 Å². The second kappa shape index (κ2) is 6.86. The lowest BCUT2D eigenvalue weighted by Crippen LogP contribution is -2.54. The molecule has 0 radical (unpaired) electrons. The van der Waals surface area contributed by atoms with Crippen molar-refractivity contribution in [2.45, 2.75) is 44.3 Å².